The number of carbonyl (C=O) groups excluding carboxylic acids is 1. The Balaban J connectivity index is 1.91. The summed E-state index contributed by atoms with van der Waals surface area (Å²) in [7, 11) is 3.34. The molecule has 2 heterocycles. The number of amides is 1. The van der Waals surface area contributed by atoms with E-state index in [2.05, 4.69) is 10.3 Å². The molecule has 29 heavy (non-hydrogen) atoms. The second-order valence-electron chi connectivity index (χ2n) is 7.11. The average Bonchev–Trinajstić information content (AvgIpc) is 3.22. The third kappa shape index (κ3) is 2.86. The Morgan fingerprint density at radius 1 is 1.14 bits per heavy atom. The van der Waals surface area contributed by atoms with E-state index in [9.17, 15) is 18.0 Å². The number of halogens is 3. The minimum Gasteiger partial charge on any atom is -0.496 e. The van der Waals surface area contributed by atoms with Crippen LogP contribution in [0.4, 0.5) is 18.9 Å². The second-order valence-corrected chi connectivity index (χ2v) is 7.11. The Bertz CT molecular complexity index is 1120. The van der Waals surface area contributed by atoms with Gasteiger partial charge < -0.3 is 14.6 Å². The lowest BCUT2D eigenvalue weighted by molar-refractivity contribution is -0.137. The molecule has 0 saturated heterocycles. The first kappa shape index (κ1) is 19.0. The van der Waals surface area contributed by atoms with E-state index in [1.165, 1.54) is 13.2 Å². The van der Waals surface area contributed by atoms with Crippen molar-refractivity contribution in [3.63, 3.8) is 0 Å². The molecule has 0 aliphatic carbocycles. The number of anilines is 1. The van der Waals surface area contributed by atoms with Crippen LogP contribution in [-0.4, -0.2) is 22.6 Å². The summed E-state index contributed by atoms with van der Waals surface area (Å²) in [4.78, 5) is 17.3. The summed E-state index contributed by atoms with van der Waals surface area (Å²) >= 11 is 0. The van der Waals surface area contributed by atoms with E-state index >= 15 is 0 Å². The number of aromatic nitrogens is 2. The van der Waals surface area contributed by atoms with Crippen LogP contribution in [0.5, 0.6) is 5.75 Å². The molecular weight excluding hydrogens is 383 g/mol. The third-order valence-electron chi connectivity index (χ3n) is 5.41. The molecule has 0 radical (unpaired) electrons. The number of alkyl halides is 3. The van der Waals surface area contributed by atoms with E-state index in [1.54, 1.807) is 31.5 Å². The Hall–Kier alpha value is -3.29. The quantitative estimate of drug-likeness (QED) is 0.709. The molecule has 1 amide bonds. The molecule has 0 fully saturated rings. The molecule has 1 aromatic heterocycles. The van der Waals surface area contributed by atoms with Gasteiger partial charge >= 0.3 is 6.18 Å². The lowest BCUT2D eigenvalue weighted by atomic mass is 9.76. The number of benzene rings is 2. The van der Waals surface area contributed by atoms with Crippen LogP contribution in [0.2, 0.25) is 0 Å². The lowest BCUT2D eigenvalue weighted by Crippen LogP contribution is -2.32. The Morgan fingerprint density at radius 2 is 1.90 bits per heavy atom. The van der Waals surface area contributed by atoms with Gasteiger partial charge in [0.15, 0.2) is 0 Å². The average molecular weight is 401 g/mol. The summed E-state index contributed by atoms with van der Waals surface area (Å²) in [5, 5.41) is 2.60. The summed E-state index contributed by atoms with van der Waals surface area (Å²) in [5.74, 6) is 0.749. The van der Waals surface area contributed by atoms with Crippen molar-refractivity contribution in [3.8, 4) is 17.1 Å². The molecule has 1 unspecified atom stereocenters. The lowest BCUT2D eigenvalue weighted by Gasteiger charge is -2.26. The number of carbonyl (C=O) groups is 1. The van der Waals surface area contributed by atoms with E-state index in [0.717, 1.165) is 17.7 Å². The molecular formula is C21H18F3N3O2. The van der Waals surface area contributed by atoms with Gasteiger partial charge in [-0.05, 0) is 42.8 Å². The van der Waals surface area contributed by atoms with Gasteiger partial charge in [-0.1, -0.05) is 6.07 Å². The molecule has 3 aromatic rings. The SMILES string of the molecule is COc1ccc(-c2nccn2C)cc1C1(C)C(=O)Nc2cc(C(F)(F)F)ccc21. The highest BCUT2D eigenvalue weighted by molar-refractivity contribution is 6.09. The highest BCUT2D eigenvalue weighted by Crippen LogP contribution is 2.48. The highest BCUT2D eigenvalue weighted by atomic mass is 19.4. The summed E-state index contributed by atoms with van der Waals surface area (Å²) in [6.45, 7) is 1.68. The van der Waals surface area contributed by atoms with Crippen molar-refractivity contribution < 1.29 is 22.7 Å². The summed E-state index contributed by atoms with van der Waals surface area (Å²) < 4.78 is 46.6. The van der Waals surface area contributed by atoms with Gasteiger partial charge in [-0.15, -0.1) is 0 Å². The number of hydrogen-bond donors (Lipinski definition) is 1. The number of nitrogens with zero attached hydrogens (tertiary/aromatic N) is 2. The monoisotopic (exact) mass is 401 g/mol. The number of aryl methyl sites for hydroxylation is 1. The molecule has 2 aromatic carbocycles. The first-order valence-corrected chi connectivity index (χ1v) is 8.85. The summed E-state index contributed by atoms with van der Waals surface area (Å²) in [5.41, 5.74) is -0.0947. The van der Waals surface area contributed by atoms with E-state index in [0.29, 0.717) is 22.7 Å². The molecule has 1 atom stereocenters. The molecule has 8 heteroatoms. The minimum atomic E-state index is -4.49. The van der Waals surface area contributed by atoms with Gasteiger partial charge in [-0.2, -0.15) is 13.2 Å². The zero-order valence-corrected chi connectivity index (χ0v) is 16.0. The van der Waals surface area contributed by atoms with E-state index in [-0.39, 0.29) is 5.69 Å². The zero-order valence-electron chi connectivity index (χ0n) is 16.0. The van der Waals surface area contributed by atoms with Gasteiger partial charge in [0.05, 0.1) is 12.7 Å². The van der Waals surface area contributed by atoms with Crippen molar-refractivity contribution in [2.75, 3.05) is 12.4 Å². The van der Waals surface area contributed by atoms with Crippen LogP contribution in [0.25, 0.3) is 11.4 Å². The predicted octanol–water partition coefficient (Wildman–Crippen LogP) is 4.37. The van der Waals surface area contributed by atoms with Crippen LogP contribution >= 0.6 is 0 Å². The van der Waals surface area contributed by atoms with E-state index in [1.807, 2.05) is 17.7 Å². The standard InChI is InChI=1S/C21H18F3N3O2/c1-20(14-6-5-13(21(22,23)24)11-16(14)26-19(20)28)15-10-12(4-7-17(15)29-3)18-25-8-9-27(18)2/h4-11H,1-3H3,(H,26,28). The normalized spacial score (nSPS) is 18.5. The van der Waals surface area contributed by atoms with Crippen LogP contribution in [0.15, 0.2) is 48.8 Å². The van der Waals surface area contributed by atoms with Crippen LogP contribution < -0.4 is 10.1 Å². The van der Waals surface area contributed by atoms with E-state index < -0.39 is 23.1 Å². The number of ether oxygens (including phenoxy) is 1. The molecule has 0 spiro atoms. The van der Waals surface area contributed by atoms with Gasteiger partial charge in [0.1, 0.15) is 17.0 Å². The zero-order chi connectivity index (χ0) is 21.0. The highest BCUT2D eigenvalue weighted by Gasteiger charge is 2.47. The van der Waals surface area contributed by atoms with Crippen molar-refractivity contribution in [2.45, 2.75) is 18.5 Å². The first-order chi connectivity index (χ1) is 13.7. The van der Waals surface area contributed by atoms with E-state index in [4.69, 9.17) is 4.74 Å². The Labute approximate surface area is 165 Å². The molecule has 1 aliphatic heterocycles. The second kappa shape index (κ2) is 6.37. The minimum absolute atomic E-state index is 0.150. The maximum Gasteiger partial charge on any atom is 0.416 e. The van der Waals surface area contributed by atoms with Crippen molar-refractivity contribution >= 4 is 11.6 Å². The number of imidazole rings is 1. The molecule has 0 saturated carbocycles. The fraction of sp³-hybridized carbons (Fsp3) is 0.238. The van der Waals surface area contributed by atoms with Crippen molar-refractivity contribution in [2.24, 2.45) is 7.05 Å². The van der Waals surface area contributed by atoms with Crippen LogP contribution in [0.1, 0.15) is 23.6 Å². The molecule has 1 aliphatic rings. The fourth-order valence-corrected chi connectivity index (χ4v) is 3.78. The van der Waals surface area contributed by atoms with Crippen LogP contribution in [0, 0.1) is 0 Å². The van der Waals surface area contributed by atoms with Crippen LogP contribution in [-0.2, 0) is 23.4 Å². The number of methoxy groups -OCH3 is 1. The number of fused-ring (bicyclic) bond motifs is 1. The van der Waals surface area contributed by atoms with Gasteiger partial charge in [0.25, 0.3) is 0 Å². The predicted molar refractivity (Wildman–Crippen MR) is 102 cm³/mol. The molecule has 0 bridgehead atoms. The van der Waals surface area contributed by atoms with Crippen molar-refractivity contribution in [3.05, 3.63) is 65.5 Å². The smallest absolute Gasteiger partial charge is 0.416 e. The molecule has 1 N–H and O–H groups in total. The molecule has 4 rings (SSSR count). The summed E-state index contributed by atoms with van der Waals surface area (Å²) in [6, 6.07) is 8.67. The topological polar surface area (TPSA) is 56.2 Å². The number of rotatable bonds is 3. The molecule has 5 nitrogen and oxygen atoms in total. The Morgan fingerprint density at radius 3 is 2.52 bits per heavy atom. The summed E-state index contributed by atoms with van der Waals surface area (Å²) in [6.07, 6.45) is -1.02. The maximum atomic E-state index is 13.1. The number of hydrogen-bond acceptors (Lipinski definition) is 3. The fourth-order valence-electron chi connectivity index (χ4n) is 3.78. The van der Waals surface area contributed by atoms with Gasteiger partial charge in [-0.25, -0.2) is 4.98 Å². The third-order valence-corrected chi connectivity index (χ3v) is 5.41. The van der Waals surface area contributed by atoms with Crippen molar-refractivity contribution in [1.29, 1.82) is 0 Å². The van der Waals surface area contributed by atoms with Gasteiger partial charge in [0.2, 0.25) is 5.91 Å². The van der Waals surface area contributed by atoms with Gasteiger partial charge in [-0.3, -0.25) is 4.79 Å². The van der Waals surface area contributed by atoms with Crippen molar-refractivity contribution in [1.82, 2.24) is 9.55 Å². The van der Waals surface area contributed by atoms with Gasteiger partial charge in [0, 0.05) is 36.3 Å². The molecule has 150 valence electrons. The maximum absolute atomic E-state index is 13.1. The largest absolute Gasteiger partial charge is 0.496 e. The number of nitrogens with one attached hydrogen (secondary N) is 1. The van der Waals surface area contributed by atoms with Crippen LogP contribution in [0.3, 0.4) is 0 Å². The first-order valence-electron chi connectivity index (χ1n) is 8.85. The Kier molecular flexibility index (Phi) is 4.18.